The van der Waals surface area contributed by atoms with E-state index >= 15 is 0 Å². The van der Waals surface area contributed by atoms with Gasteiger partial charge in [0.1, 0.15) is 22.8 Å². The third-order valence-electron chi connectivity index (χ3n) is 4.66. The number of hydrogen-bond acceptors (Lipinski definition) is 4. The molecule has 2 aromatic rings. The molecule has 5 heteroatoms. The fourth-order valence-corrected chi connectivity index (χ4v) is 3.38. The molecule has 0 bridgehead atoms. The van der Waals surface area contributed by atoms with E-state index in [1.165, 1.54) is 6.07 Å². The highest BCUT2D eigenvalue weighted by molar-refractivity contribution is 5.71. The van der Waals surface area contributed by atoms with Crippen LogP contribution in [0.15, 0.2) is 36.4 Å². The predicted octanol–water partition coefficient (Wildman–Crippen LogP) is 3.81. The molecule has 0 spiro atoms. The fraction of sp³-hybridized carbons (Fsp3) is 0.350. The molecule has 0 aromatic heterocycles. The van der Waals surface area contributed by atoms with Crippen LogP contribution in [0, 0.1) is 0 Å². The monoisotopic (exact) mass is 342 g/mol. The van der Waals surface area contributed by atoms with Gasteiger partial charge in [0.15, 0.2) is 0 Å². The van der Waals surface area contributed by atoms with E-state index in [0.717, 1.165) is 12.0 Å². The number of ether oxygens (including phenoxy) is 1. The van der Waals surface area contributed by atoms with Crippen molar-refractivity contribution in [1.82, 2.24) is 0 Å². The summed E-state index contributed by atoms with van der Waals surface area (Å²) in [6.45, 7) is 3.88. The highest BCUT2D eigenvalue weighted by atomic mass is 16.5. The first-order chi connectivity index (χ1) is 11.8. The van der Waals surface area contributed by atoms with Crippen molar-refractivity contribution >= 4 is 5.97 Å². The van der Waals surface area contributed by atoms with Gasteiger partial charge in [0.25, 0.3) is 0 Å². The van der Waals surface area contributed by atoms with Gasteiger partial charge in [0.05, 0.1) is 6.42 Å². The first-order valence-electron chi connectivity index (χ1n) is 8.32. The number of carboxylic acids is 1. The van der Waals surface area contributed by atoms with Crippen LogP contribution in [-0.4, -0.2) is 26.9 Å². The van der Waals surface area contributed by atoms with Gasteiger partial charge in [-0.3, -0.25) is 4.79 Å². The van der Waals surface area contributed by atoms with Crippen LogP contribution in [0.2, 0.25) is 0 Å². The van der Waals surface area contributed by atoms with Gasteiger partial charge in [0, 0.05) is 23.1 Å². The summed E-state index contributed by atoms with van der Waals surface area (Å²) in [5.41, 5.74) is 1.37. The maximum atomic E-state index is 11.5. The summed E-state index contributed by atoms with van der Waals surface area (Å²) in [6.07, 6.45) is 1.15. The lowest BCUT2D eigenvalue weighted by molar-refractivity contribution is -0.137. The average Bonchev–Trinajstić information content (AvgIpc) is 2.53. The molecule has 1 atom stereocenters. The molecule has 0 aliphatic carbocycles. The smallest absolute Gasteiger partial charge is 0.304 e. The van der Waals surface area contributed by atoms with Crippen molar-refractivity contribution in [3.63, 3.8) is 0 Å². The summed E-state index contributed by atoms with van der Waals surface area (Å²) >= 11 is 0. The highest BCUT2D eigenvalue weighted by Crippen LogP contribution is 2.49. The fourth-order valence-electron chi connectivity index (χ4n) is 3.38. The first-order valence-corrected chi connectivity index (χ1v) is 8.32. The second-order valence-corrected chi connectivity index (χ2v) is 7.06. The quantitative estimate of drug-likeness (QED) is 0.786. The number of carboxylic acid groups (broad SMARTS) is 1. The van der Waals surface area contributed by atoms with Crippen molar-refractivity contribution in [3.8, 4) is 17.2 Å². The van der Waals surface area contributed by atoms with Gasteiger partial charge in [-0.15, -0.1) is 0 Å². The molecule has 0 saturated heterocycles. The van der Waals surface area contributed by atoms with Crippen molar-refractivity contribution in [1.29, 1.82) is 0 Å². The molecule has 25 heavy (non-hydrogen) atoms. The lowest BCUT2D eigenvalue weighted by Gasteiger charge is -2.35. The number of aromatic hydroxyl groups is 2. The SMILES string of the molecule is CC1(C)CCc2c(O)cc(O)c([C@@H](CC(=O)O)c3ccccc3)c2O1. The molecule has 132 valence electrons. The summed E-state index contributed by atoms with van der Waals surface area (Å²) in [4.78, 5) is 11.5. The van der Waals surface area contributed by atoms with Crippen molar-refractivity contribution in [3.05, 3.63) is 53.1 Å². The topological polar surface area (TPSA) is 87.0 Å². The average molecular weight is 342 g/mol. The Bertz CT molecular complexity index is 795. The van der Waals surface area contributed by atoms with E-state index in [1.807, 2.05) is 44.2 Å². The molecular formula is C20H22O5. The van der Waals surface area contributed by atoms with Crippen molar-refractivity contribution < 1.29 is 24.9 Å². The molecule has 1 aliphatic rings. The van der Waals surface area contributed by atoms with E-state index in [-0.39, 0.29) is 17.9 Å². The summed E-state index contributed by atoms with van der Waals surface area (Å²) in [5, 5.41) is 30.1. The van der Waals surface area contributed by atoms with Gasteiger partial charge >= 0.3 is 5.97 Å². The van der Waals surface area contributed by atoms with E-state index in [2.05, 4.69) is 0 Å². The molecule has 3 N–H and O–H groups in total. The standard InChI is InChI=1S/C20H22O5/c1-20(2)9-8-13-15(21)11-16(22)18(19(13)25-20)14(10-17(23)24)12-6-4-3-5-7-12/h3-7,11,14,21-22H,8-10H2,1-2H3,(H,23,24)/t14-/m0/s1. The van der Waals surface area contributed by atoms with E-state index in [0.29, 0.717) is 23.3 Å². The van der Waals surface area contributed by atoms with Crippen LogP contribution in [0.5, 0.6) is 17.2 Å². The maximum Gasteiger partial charge on any atom is 0.304 e. The molecular weight excluding hydrogens is 320 g/mol. The molecule has 0 radical (unpaired) electrons. The van der Waals surface area contributed by atoms with E-state index < -0.39 is 17.5 Å². The van der Waals surface area contributed by atoms with Crippen molar-refractivity contribution in [2.24, 2.45) is 0 Å². The van der Waals surface area contributed by atoms with Crippen molar-refractivity contribution in [2.75, 3.05) is 0 Å². The van der Waals surface area contributed by atoms with Gasteiger partial charge in [0.2, 0.25) is 0 Å². The zero-order valence-electron chi connectivity index (χ0n) is 14.3. The third kappa shape index (κ3) is 3.40. The van der Waals surface area contributed by atoms with Crippen LogP contribution < -0.4 is 4.74 Å². The second kappa shape index (κ2) is 6.31. The Morgan fingerprint density at radius 1 is 1.20 bits per heavy atom. The minimum absolute atomic E-state index is 0.0195. The maximum absolute atomic E-state index is 11.5. The Morgan fingerprint density at radius 2 is 1.88 bits per heavy atom. The van der Waals surface area contributed by atoms with Crippen LogP contribution in [0.3, 0.4) is 0 Å². The number of rotatable bonds is 4. The number of aliphatic carboxylic acids is 1. The van der Waals surface area contributed by atoms with Crippen LogP contribution in [0.25, 0.3) is 0 Å². The normalized spacial score (nSPS) is 16.6. The number of fused-ring (bicyclic) bond motifs is 1. The Morgan fingerprint density at radius 3 is 2.52 bits per heavy atom. The lowest BCUT2D eigenvalue weighted by atomic mass is 9.83. The molecule has 5 nitrogen and oxygen atoms in total. The molecule has 1 aliphatic heterocycles. The number of hydrogen-bond donors (Lipinski definition) is 3. The van der Waals surface area contributed by atoms with Gasteiger partial charge in [-0.05, 0) is 32.3 Å². The van der Waals surface area contributed by atoms with Gasteiger partial charge < -0.3 is 20.1 Å². The summed E-state index contributed by atoms with van der Waals surface area (Å²) in [6, 6.07) is 10.5. The molecule has 1 heterocycles. The largest absolute Gasteiger partial charge is 0.507 e. The van der Waals surface area contributed by atoms with E-state index in [4.69, 9.17) is 4.74 Å². The molecule has 3 rings (SSSR count). The Balaban J connectivity index is 2.21. The lowest BCUT2D eigenvalue weighted by Crippen LogP contribution is -2.33. The number of benzene rings is 2. The Hall–Kier alpha value is -2.69. The molecule has 0 unspecified atom stereocenters. The minimum atomic E-state index is -0.967. The number of phenolic OH excluding ortho intramolecular Hbond substituents is 2. The molecule has 0 amide bonds. The Kier molecular flexibility index (Phi) is 4.33. The summed E-state index contributed by atoms with van der Waals surface area (Å²) in [5.74, 6) is -1.30. The summed E-state index contributed by atoms with van der Waals surface area (Å²) in [7, 11) is 0. The minimum Gasteiger partial charge on any atom is -0.507 e. The first kappa shape index (κ1) is 17.1. The van der Waals surface area contributed by atoms with Crippen LogP contribution >= 0.6 is 0 Å². The molecule has 2 aromatic carbocycles. The zero-order valence-corrected chi connectivity index (χ0v) is 14.3. The second-order valence-electron chi connectivity index (χ2n) is 7.06. The van der Waals surface area contributed by atoms with Crippen LogP contribution in [0.4, 0.5) is 0 Å². The number of phenols is 2. The van der Waals surface area contributed by atoms with Gasteiger partial charge in [-0.1, -0.05) is 30.3 Å². The van der Waals surface area contributed by atoms with Gasteiger partial charge in [-0.25, -0.2) is 0 Å². The Labute approximate surface area is 146 Å². The highest BCUT2D eigenvalue weighted by Gasteiger charge is 2.35. The molecule has 0 saturated carbocycles. The molecule has 0 fully saturated rings. The predicted molar refractivity (Wildman–Crippen MR) is 93.3 cm³/mol. The summed E-state index contributed by atoms with van der Waals surface area (Å²) < 4.78 is 6.08. The van der Waals surface area contributed by atoms with Gasteiger partial charge in [-0.2, -0.15) is 0 Å². The van der Waals surface area contributed by atoms with E-state index in [1.54, 1.807) is 0 Å². The van der Waals surface area contributed by atoms with Crippen LogP contribution in [0.1, 0.15) is 49.3 Å². The van der Waals surface area contributed by atoms with Crippen LogP contribution in [-0.2, 0) is 11.2 Å². The van der Waals surface area contributed by atoms with E-state index in [9.17, 15) is 20.1 Å². The van der Waals surface area contributed by atoms with Crippen molar-refractivity contribution in [2.45, 2.75) is 44.6 Å². The number of carbonyl (C=O) groups is 1. The zero-order chi connectivity index (χ0) is 18.2. The third-order valence-corrected chi connectivity index (χ3v) is 4.66.